The van der Waals surface area contributed by atoms with Crippen molar-refractivity contribution in [3.63, 3.8) is 0 Å². The van der Waals surface area contributed by atoms with Crippen LogP contribution in [0.1, 0.15) is 19.3 Å². The Bertz CT molecular complexity index is 132. The quantitative estimate of drug-likeness (QED) is 0.600. The number of carboxylic acids is 1. The first kappa shape index (κ1) is 7.54. The second kappa shape index (κ2) is 3.01. The minimum Gasteiger partial charge on any atom is -0.481 e. The van der Waals surface area contributed by atoms with Crippen LogP contribution in [0.15, 0.2) is 0 Å². The summed E-state index contributed by atoms with van der Waals surface area (Å²) < 4.78 is 0. The zero-order valence-electron chi connectivity index (χ0n) is 5.92. The van der Waals surface area contributed by atoms with Gasteiger partial charge < -0.3 is 10.8 Å². The predicted octanol–water partition coefficient (Wildman–Crippen LogP) is 0.446. The van der Waals surface area contributed by atoms with Crippen LogP contribution in [-0.2, 0) is 4.79 Å². The Balaban J connectivity index is 2.34. The van der Waals surface area contributed by atoms with Crippen LogP contribution in [-0.4, -0.2) is 17.6 Å². The van der Waals surface area contributed by atoms with Crippen molar-refractivity contribution >= 4 is 5.97 Å². The number of nitrogens with two attached hydrogens (primary N) is 1. The smallest absolute Gasteiger partial charge is 0.306 e. The largest absolute Gasteiger partial charge is 0.481 e. The SMILES string of the molecule is NCC[C@@H](C(=O)O)C1CC1. The van der Waals surface area contributed by atoms with Gasteiger partial charge in [-0.05, 0) is 31.7 Å². The van der Waals surface area contributed by atoms with E-state index in [0.29, 0.717) is 18.9 Å². The van der Waals surface area contributed by atoms with Gasteiger partial charge in [-0.2, -0.15) is 0 Å². The Labute approximate surface area is 60.2 Å². The molecule has 0 bridgehead atoms. The molecule has 0 unspecified atom stereocenters. The van der Waals surface area contributed by atoms with Gasteiger partial charge in [-0.1, -0.05) is 0 Å². The molecular weight excluding hydrogens is 130 g/mol. The molecule has 1 saturated carbocycles. The molecular formula is C7H13NO2. The van der Waals surface area contributed by atoms with Crippen LogP contribution < -0.4 is 5.73 Å². The summed E-state index contributed by atoms with van der Waals surface area (Å²) >= 11 is 0. The van der Waals surface area contributed by atoms with Crippen LogP contribution in [0.3, 0.4) is 0 Å². The van der Waals surface area contributed by atoms with Crippen molar-refractivity contribution < 1.29 is 9.90 Å². The fraction of sp³-hybridized carbons (Fsp3) is 0.857. The maximum atomic E-state index is 10.5. The van der Waals surface area contributed by atoms with Crippen molar-refractivity contribution in [1.29, 1.82) is 0 Å². The van der Waals surface area contributed by atoms with Crippen molar-refractivity contribution in [2.75, 3.05) is 6.54 Å². The molecule has 0 saturated heterocycles. The third-order valence-corrected chi connectivity index (χ3v) is 1.99. The molecule has 0 aromatic rings. The van der Waals surface area contributed by atoms with E-state index in [0.717, 1.165) is 12.8 Å². The van der Waals surface area contributed by atoms with Crippen molar-refractivity contribution in [1.82, 2.24) is 0 Å². The Kier molecular flexibility index (Phi) is 2.27. The highest BCUT2D eigenvalue weighted by molar-refractivity contribution is 5.70. The van der Waals surface area contributed by atoms with E-state index in [1.807, 2.05) is 0 Å². The standard InChI is InChI=1S/C7H13NO2/c8-4-3-6(7(9)10)5-1-2-5/h5-6H,1-4,8H2,(H,9,10)/t6-/m1/s1. The van der Waals surface area contributed by atoms with Crippen LogP contribution in [0.2, 0.25) is 0 Å². The third-order valence-electron chi connectivity index (χ3n) is 1.99. The highest BCUT2D eigenvalue weighted by atomic mass is 16.4. The molecule has 1 aliphatic rings. The van der Waals surface area contributed by atoms with Crippen molar-refractivity contribution in [2.24, 2.45) is 17.6 Å². The molecule has 1 rings (SSSR count). The summed E-state index contributed by atoms with van der Waals surface area (Å²) in [4.78, 5) is 10.5. The van der Waals surface area contributed by atoms with Crippen LogP contribution in [0.5, 0.6) is 0 Å². The van der Waals surface area contributed by atoms with Gasteiger partial charge in [0, 0.05) is 0 Å². The van der Waals surface area contributed by atoms with Gasteiger partial charge in [0.25, 0.3) is 0 Å². The zero-order valence-corrected chi connectivity index (χ0v) is 5.92. The summed E-state index contributed by atoms with van der Waals surface area (Å²) in [7, 11) is 0. The molecule has 0 aromatic carbocycles. The zero-order chi connectivity index (χ0) is 7.56. The molecule has 3 N–H and O–H groups in total. The lowest BCUT2D eigenvalue weighted by atomic mass is 10.0. The van der Waals surface area contributed by atoms with Crippen LogP contribution >= 0.6 is 0 Å². The molecule has 0 spiro atoms. The second-order valence-corrected chi connectivity index (χ2v) is 2.86. The number of carboxylic acid groups (broad SMARTS) is 1. The normalized spacial score (nSPS) is 20.5. The van der Waals surface area contributed by atoms with Crippen LogP contribution in [0, 0.1) is 11.8 Å². The average molecular weight is 143 g/mol. The Hall–Kier alpha value is -0.570. The number of carbonyl (C=O) groups is 1. The Morgan fingerprint density at radius 3 is 2.60 bits per heavy atom. The van der Waals surface area contributed by atoms with E-state index in [2.05, 4.69) is 0 Å². The molecule has 1 aliphatic carbocycles. The summed E-state index contributed by atoms with van der Waals surface area (Å²) in [6.45, 7) is 0.494. The highest BCUT2D eigenvalue weighted by Crippen LogP contribution is 2.38. The van der Waals surface area contributed by atoms with E-state index in [9.17, 15) is 4.79 Å². The van der Waals surface area contributed by atoms with Crippen LogP contribution in [0.4, 0.5) is 0 Å². The number of aliphatic carboxylic acids is 1. The summed E-state index contributed by atoms with van der Waals surface area (Å²) in [5.41, 5.74) is 5.27. The van der Waals surface area contributed by atoms with Gasteiger partial charge in [-0.3, -0.25) is 4.79 Å². The Morgan fingerprint density at radius 1 is 1.70 bits per heavy atom. The topological polar surface area (TPSA) is 63.3 Å². The molecule has 0 radical (unpaired) electrons. The molecule has 10 heavy (non-hydrogen) atoms. The van der Waals surface area contributed by atoms with Gasteiger partial charge in [0.15, 0.2) is 0 Å². The first-order chi connectivity index (χ1) is 4.75. The van der Waals surface area contributed by atoms with Crippen molar-refractivity contribution in [3.8, 4) is 0 Å². The van der Waals surface area contributed by atoms with Crippen LogP contribution in [0.25, 0.3) is 0 Å². The minimum absolute atomic E-state index is 0.162. The first-order valence-corrected chi connectivity index (χ1v) is 3.68. The van der Waals surface area contributed by atoms with Crippen molar-refractivity contribution in [2.45, 2.75) is 19.3 Å². The lowest BCUT2D eigenvalue weighted by Crippen LogP contribution is -2.19. The highest BCUT2D eigenvalue weighted by Gasteiger charge is 2.35. The maximum Gasteiger partial charge on any atom is 0.306 e. The van der Waals surface area contributed by atoms with Gasteiger partial charge in [-0.15, -0.1) is 0 Å². The van der Waals surface area contributed by atoms with Gasteiger partial charge in [0.2, 0.25) is 0 Å². The molecule has 3 nitrogen and oxygen atoms in total. The first-order valence-electron chi connectivity index (χ1n) is 3.68. The summed E-state index contributed by atoms with van der Waals surface area (Å²) in [5, 5.41) is 8.66. The lowest BCUT2D eigenvalue weighted by Gasteiger charge is -2.07. The summed E-state index contributed by atoms with van der Waals surface area (Å²) in [6, 6.07) is 0. The van der Waals surface area contributed by atoms with Gasteiger partial charge in [0.05, 0.1) is 5.92 Å². The molecule has 1 fully saturated rings. The maximum absolute atomic E-state index is 10.5. The Morgan fingerprint density at radius 2 is 2.30 bits per heavy atom. The fourth-order valence-electron chi connectivity index (χ4n) is 1.24. The molecule has 0 amide bonds. The van der Waals surface area contributed by atoms with Gasteiger partial charge in [-0.25, -0.2) is 0 Å². The molecule has 0 aromatic heterocycles. The van der Waals surface area contributed by atoms with E-state index in [1.54, 1.807) is 0 Å². The van der Waals surface area contributed by atoms with Crippen molar-refractivity contribution in [3.05, 3.63) is 0 Å². The lowest BCUT2D eigenvalue weighted by molar-refractivity contribution is -0.142. The third kappa shape index (κ3) is 1.70. The van der Waals surface area contributed by atoms with E-state index < -0.39 is 5.97 Å². The van der Waals surface area contributed by atoms with E-state index in [-0.39, 0.29) is 5.92 Å². The minimum atomic E-state index is -0.673. The monoisotopic (exact) mass is 143 g/mol. The molecule has 1 atom stereocenters. The molecule has 3 heteroatoms. The number of hydrogen-bond donors (Lipinski definition) is 2. The molecule has 0 aliphatic heterocycles. The van der Waals surface area contributed by atoms with E-state index in [1.165, 1.54) is 0 Å². The average Bonchev–Trinajstić information content (AvgIpc) is 2.63. The van der Waals surface area contributed by atoms with E-state index >= 15 is 0 Å². The van der Waals surface area contributed by atoms with E-state index in [4.69, 9.17) is 10.8 Å². The summed E-state index contributed by atoms with van der Waals surface area (Å²) in [6.07, 6.45) is 2.80. The van der Waals surface area contributed by atoms with Gasteiger partial charge in [0.1, 0.15) is 0 Å². The molecule has 58 valence electrons. The number of hydrogen-bond acceptors (Lipinski definition) is 2. The fourth-order valence-corrected chi connectivity index (χ4v) is 1.24. The van der Waals surface area contributed by atoms with Gasteiger partial charge >= 0.3 is 5.97 Å². The predicted molar refractivity (Wildman–Crippen MR) is 37.5 cm³/mol. The molecule has 0 heterocycles. The summed E-state index contributed by atoms with van der Waals surface area (Å²) in [5.74, 6) is -0.404. The second-order valence-electron chi connectivity index (χ2n) is 2.86. The number of rotatable bonds is 4.